The summed E-state index contributed by atoms with van der Waals surface area (Å²) >= 11 is 0. The first-order valence-electron chi connectivity index (χ1n) is 4.23. The van der Waals surface area contributed by atoms with E-state index in [4.69, 9.17) is 11.1 Å². The minimum Gasteiger partial charge on any atom is -0.423 e. The van der Waals surface area contributed by atoms with E-state index in [2.05, 4.69) is 9.97 Å². The van der Waals surface area contributed by atoms with Crippen molar-refractivity contribution in [3.63, 3.8) is 0 Å². The molecule has 0 unspecified atom stereocenters. The summed E-state index contributed by atoms with van der Waals surface area (Å²) in [6.07, 6.45) is 1.62. The van der Waals surface area contributed by atoms with E-state index in [0.717, 1.165) is 0 Å². The lowest BCUT2D eigenvalue weighted by Crippen LogP contribution is -2.24. The summed E-state index contributed by atoms with van der Waals surface area (Å²) in [6, 6.07) is 6.80. The van der Waals surface area contributed by atoms with E-state index >= 15 is 0 Å². The van der Waals surface area contributed by atoms with E-state index in [0.29, 0.717) is 16.1 Å². The van der Waals surface area contributed by atoms with Gasteiger partial charge >= 0.3 is 0 Å². The van der Waals surface area contributed by atoms with Gasteiger partial charge in [-0.15, -0.1) is 4.73 Å². The Morgan fingerprint density at radius 3 is 2.73 bits per heavy atom. The van der Waals surface area contributed by atoms with Crippen LogP contribution in [0.4, 0.5) is 5.82 Å². The molecule has 0 aromatic carbocycles. The highest BCUT2D eigenvalue weighted by Crippen LogP contribution is 2.13. The van der Waals surface area contributed by atoms with Crippen LogP contribution in [0.5, 0.6) is 0 Å². The van der Waals surface area contributed by atoms with Gasteiger partial charge in [0.25, 0.3) is 5.62 Å². The Kier molecular flexibility index (Phi) is 2.09. The van der Waals surface area contributed by atoms with Crippen molar-refractivity contribution in [2.45, 2.75) is 0 Å². The van der Waals surface area contributed by atoms with Gasteiger partial charge in [0, 0.05) is 12.3 Å². The number of nitrogens with zero attached hydrogens (tertiary/aromatic N) is 3. The summed E-state index contributed by atoms with van der Waals surface area (Å²) in [5.41, 5.74) is 6.23. The minimum absolute atomic E-state index is 0.0515. The number of nitrogens with one attached hydrogen (secondary N) is 1. The van der Waals surface area contributed by atoms with Crippen LogP contribution < -0.4 is 11.4 Å². The van der Waals surface area contributed by atoms with Crippen molar-refractivity contribution in [2.75, 3.05) is 5.73 Å². The monoisotopic (exact) mass is 203 g/mol. The molecule has 6 heteroatoms. The molecule has 2 aromatic heterocycles. The molecule has 0 aliphatic carbocycles. The first-order valence-corrected chi connectivity index (χ1v) is 4.23. The average molecular weight is 203 g/mol. The fourth-order valence-electron chi connectivity index (χ4n) is 1.16. The third-order valence-electron chi connectivity index (χ3n) is 1.88. The number of aromatic nitrogens is 3. The van der Waals surface area contributed by atoms with Gasteiger partial charge in [-0.1, -0.05) is 6.07 Å². The van der Waals surface area contributed by atoms with Crippen LogP contribution in [0.3, 0.4) is 0 Å². The highest BCUT2D eigenvalue weighted by molar-refractivity contribution is 5.56. The van der Waals surface area contributed by atoms with Crippen molar-refractivity contribution in [3.8, 4) is 11.4 Å². The van der Waals surface area contributed by atoms with Gasteiger partial charge in [-0.05, 0) is 12.1 Å². The molecule has 0 bridgehead atoms. The molecule has 2 aromatic rings. The van der Waals surface area contributed by atoms with Crippen LogP contribution in [-0.2, 0) is 0 Å². The van der Waals surface area contributed by atoms with Crippen LogP contribution in [0.25, 0.3) is 11.4 Å². The molecule has 0 amide bonds. The van der Waals surface area contributed by atoms with Crippen molar-refractivity contribution in [3.05, 3.63) is 36.1 Å². The van der Waals surface area contributed by atoms with Gasteiger partial charge in [-0.25, -0.2) is 4.98 Å². The molecule has 0 radical (unpaired) electrons. The maximum Gasteiger partial charge on any atom is 0.258 e. The Morgan fingerprint density at radius 2 is 2.13 bits per heavy atom. The van der Waals surface area contributed by atoms with Crippen molar-refractivity contribution in [1.29, 1.82) is 5.41 Å². The molecule has 15 heavy (non-hydrogen) atoms. The third kappa shape index (κ3) is 1.64. The molecule has 6 nitrogen and oxygen atoms in total. The molecular formula is C9H9N5O. The Bertz CT molecular complexity index is 534. The predicted octanol–water partition coefficient (Wildman–Crippen LogP) is 0.244. The predicted molar refractivity (Wildman–Crippen MR) is 52.9 cm³/mol. The molecule has 0 saturated heterocycles. The quantitative estimate of drug-likeness (QED) is 0.578. The van der Waals surface area contributed by atoms with E-state index in [9.17, 15) is 5.21 Å². The zero-order valence-electron chi connectivity index (χ0n) is 7.75. The number of hydrogen-bond donors (Lipinski definition) is 3. The van der Waals surface area contributed by atoms with Crippen LogP contribution in [0, 0.1) is 5.41 Å². The first kappa shape index (κ1) is 9.20. The van der Waals surface area contributed by atoms with Crippen molar-refractivity contribution in [1.82, 2.24) is 14.7 Å². The number of hydrogen-bond acceptors (Lipinski definition) is 5. The van der Waals surface area contributed by atoms with E-state index in [-0.39, 0.29) is 11.4 Å². The Labute approximate surface area is 85.1 Å². The highest BCUT2D eigenvalue weighted by atomic mass is 16.5. The van der Waals surface area contributed by atoms with Gasteiger partial charge in [0.15, 0.2) is 0 Å². The van der Waals surface area contributed by atoms with Crippen molar-refractivity contribution in [2.24, 2.45) is 0 Å². The fraction of sp³-hybridized carbons (Fsp3) is 0. The van der Waals surface area contributed by atoms with Crippen LogP contribution in [0.1, 0.15) is 0 Å². The largest absolute Gasteiger partial charge is 0.423 e. The van der Waals surface area contributed by atoms with E-state index < -0.39 is 0 Å². The molecule has 0 fully saturated rings. The molecule has 0 aliphatic heterocycles. The molecule has 0 saturated carbocycles. The topological polar surface area (TPSA) is 101 Å². The van der Waals surface area contributed by atoms with Gasteiger partial charge < -0.3 is 10.9 Å². The zero-order chi connectivity index (χ0) is 10.8. The Hall–Kier alpha value is -2.37. The Balaban J connectivity index is 2.61. The lowest BCUT2D eigenvalue weighted by atomic mass is 10.2. The molecule has 2 heterocycles. The molecule has 4 N–H and O–H groups in total. The summed E-state index contributed by atoms with van der Waals surface area (Å²) in [6.45, 7) is 0. The smallest absolute Gasteiger partial charge is 0.258 e. The summed E-state index contributed by atoms with van der Waals surface area (Å²) in [5, 5.41) is 16.5. The summed E-state index contributed by atoms with van der Waals surface area (Å²) in [7, 11) is 0. The van der Waals surface area contributed by atoms with Gasteiger partial charge in [-0.3, -0.25) is 10.4 Å². The lowest BCUT2D eigenvalue weighted by molar-refractivity contribution is 0.172. The number of anilines is 1. The number of nitrogen functional groups attached to an aromatic ring is 1. The average Bonchev–Trinajstić information content (AvgIpc) is 2.26. The van der Waals surface area contributed by atoms with Crippen LogP contribution in [0.15, 0.2) is 30.5 Å². The van der Waals surface area contributed by atoms with Crippen molar-refractivity contribution >= 4 is 5.82 Å². The number of rotatable bonds is 1. The van der Waals surface area contributed by atoms with Gasteiger partial charge in [0.1, 0.15) is 5.82 Å². The first-order chi connectivity index (χ1) is 7.18. The van der Waals surface area contributed by atoms with Crippen LogP contribution >= 0.6 is 0 Å². The second-order valence-corrected chi connectivity index (χ2v) is 2.92. The fourth-order valence-corrected chi connectivity index (χ4v) is 1.16. The zero-order valence-corrected chi connectivity index (χ0v) is 7.75. The van der Waals surface area contributed by atoms with Crippen LogP contribution in [0.2, 0.25) is 0 Å². The Morgan fingerprint density at radius 1 is 1.33 bits per heavy atom. The van der Waals surface area contributed by atoms with E-state index in [1.54, 1.807) is 18.3 Å². The second-order valence-electron chi connectivity index (χ2n) is 2.92. The summed E-state index contributed by atoms with van der Waals surface area (Å²) in [4.78, 5) is 7.91. The normalized spacial score (nSPS) is 10.1. The third-order valence-corrected chi connectivity index (χ3v) is 1.88. The maximum absolute atomic E-state index is 9.20. The summed E-state index contributed by atoms with van der Waals surface area (Å²) < 4.78 is 0.506. The van der Waals surface area contributed by atoms with E-state index in [1.807, 2.05) is 6.07 Å². The van der Waals surface area contributed by atoms with Gasteiger partial charge in [0.05, 0.1) is 11.4 Å². The molecule has 0 spiro atoms. The van der Waals surface area contributed by atoms with Gasteiger partial charge in [-0.2, -0.15) is 0 Å². The number of nitrogens with two attached hydrogens (primary N) is 1. The molecule has 76 valence electrons. The molecule has 0 aliphatic rings. The van der Waals surface area contributed by atoms with Crippen LogP contribution in [-0.4, -0.2) is 19.9 Å². The second kappa shape index (κ2) is 3.41. The maximum atomic E-state index is 9.20. The molecule has 2 rings (SSSR count). The SMILES string of the molecule is N=c1nc(-c2ccccn2)cc(N)n1O. The summed E-state index contributed by atoms with van der Waals surface area (Å²) in [5.74, 6) is 0.0515. The van der Waals surface area contributed by atoms with E-state index in [1.165, 1.54) is 6.07 Å². The van der Waals surface area contributed by atoms with Crippen molar-refractivity contribution < 1.29 is 5.21 Å². The van der Waals surface area contributed by atoms with Gasteiger partial charge in [0.2, 0.25) is 0 Å². The molecule has 0 atom stereocenters. The number of pyridine rings is 1. The minimum atomic E-state index is -0.323. The standard InChI is InChI=1S/C9H9N5O/c10-8-5-7(13-9(11)14(8)15)6-3-1-2-4-12-6/h1-5,11,15H,10H2. The molecular weight excluding hydrogens is 194 g/mol. The lowest BCUT2D eigenvalue weighted by Gasteiger charge is -2.04. The highest BCUT2D eigenvalue weighted by Gasteiger charge is 2.04.